The minimum atomic E-state index is 0.0673. The van der Waals surface area contributed by atoms with Gasteiger partial charge in [0.1, 0.15) is 0 Å². The van der Waals surface area contributed by atoms with Crippen LogP contribution in [0.25, 0.3) is 0 Å². The van der Waals surface area contributed by atoms with E-state index in [-0.39, 0.29) is 17.8 Å². The highest BCUT2D eigenvalue weighted by atomic mass is 32.1. The summed E-state index contributed by atoms with van der Waals surface area (Å²) < 4.78 is 1.46. The van der Waals surface area contributed by atoms with Crippen molar-refractivity contribution in [1.29, 1.82) is 0 Å². The number of aromatic nitrogens is 1. The molecule has 0 aromatic carbocycles. The molecule has 0 bridgehead atoms. The van der Waals surface area contributed by atoms with Gasteiger partial charge in [-0.15, -0.1) is 11.3 Å². The van der Waals surface area contributed by atoms with E-state index in [0.717, 1.165) is 0 Å². The number of rotatable bonds is 4. The first-order chi connectivity index (χ1) is 10.5. The van der Waals surface area contributed by atoms with Crippen molar-refractivity contribution in [3.8, 4) is 11.8 Å². The fourth-order valence-corrected chi connectivity index (χ4v) is 3.56. The smallest absolute Gasteiger partial charge is 0.193 e. The Morgan fingerprint density at radius 3 is 2.45 bits per heavy atom. The van der Waals surface area contributed by atoms with Crippen molar-refractivity contribution in [1.82, 2.24) is 9.47 Å². The molecule has 6 heteroatoms. The van der Waals surface area contributed by atoms with Crippen molar-refractivity contribution in [2.75, 3.05) is 6.54 Å². The van der Waals surface area contributed by atoms with Crippen molar-refractivity contribution < 1.29 is 10.2 Å². The molecule has 2 aromatic heterocycles. The van der Waals surface area contributed by atoms with Crippen LogP contribution in [0, 0.1) is 13.8 Å². The lowest BCUT2D eigenvalue weighted by Gasteiger charge is -2.21. The van der Waals surface area contributed by atoms with Gasteiger partial charge in [-0.1, -0.05) is 0 Å². The lowest BCUT2D eigenvalue weighted by atomic mass is 10.1. The zero-order chi connectivity index (χ0) is 15.7. The number of aryl methyl sites for hydroxylation is 2. The van der Waals surface area contributed by atoms with Gasteiger partial charge in [0.2, 0.25) is 0 Å². The molecular weight excluding hydrogens is 298 g/mol. The molecule has 116 valence electrons. The van der Waals surface area contributed by atoms with E-state index in [1.165, 1.54) is 32.0 Å². The van der Waals surface area contributed by atoms with Gasteiger partial charge in [0.15, 0.2) is 11.8 Å². The Hall–Kier alpha value is -2.21. The summed E-state index contributed by atoms with van der Waals surface area (Å²) in [7, 11) is 0. The normalized spacial score (nSPS) is 17.4. The Balaban J connectivity index is 1.62. The lowest BCUT2D eigenvalue weighted by Crippen LogP contribution is -2.23. The average molecular weight is 317 g/mol. The third kappa shape index (κ3) is 2.87. The molecule has 0 saturated carbocycles. The second-order valence-corrected chi connectivity index (χ2v) is 6.82. The third-order valence-electron chi connectivity index (χ3n) is 3.75. The molecule has 2 aromatic rings. The number of aromatic hydroxyl groups is 2. The fourth-order valence-electron chi connectivity index (χ4n) is 2.59. The van der Waals surface area contributed by atoms with Gasteiger partial charge >= 0.3 is 0 Å². The van der Waals surface area contributed by atoms with E-state index in [2.05, 4.69) is 31.0 Å². The van der Waals surface area contributed by atoms with E-state index < -0.39 is 0 Å². The predicted octanol–water partition coefficient (Wildman–Crippen LogP) is 3.18. The Morgan fingerprint density at radius 1 is 1.18 bits per heavy atom. The number of hydrogen-bond donors (Lipinski definition) is 2. The maximum absolute atomic E-state index is 9.62. The molecule has 3 heterocycles. The van der Waals surface area contributed by atoms with Crippen LogP contribution in [-0.2, 0) is 6.54 Å². The summed E-state index contributed by atoms with van der Waals surface area (Å²) in [5, 5.41) is 19.2. The van der Waals surface area contributed by atoms with Crippen LogP contribution in [0.1, 0.15) is 21.4 Å². The molecule has 0 saturated heterocycles. The van der Waals surface area contributed by atoms with E-state index in [0.29, 0.717) is 13.1 Å². The average Bonchev–Trinajstić information content (AvgIpc) is 3.00. The van der Waals surface area contributed by atoms with Crippen LogP contribution in [0.4, 0.5) is 0 Å². The maximum Gasteiger partial charge on any atom is 0.193 e. The van der Waals surface area contributed by atoms with E-state index in [9.17, 15) is 10.2 Å². The predicted molar refractivity (Wildman–Crippen MR) is 88.6 cm³/mol. The van der Waals surface area contributed by atoms with Gasteiger partial charge in [0.25, 0.3) is 0 Å². The van der Waals surface area contributed by atoms with Crippen LogP contribution in [-0.4, -0.2) is 32.6 Å². The van der Waals surface area contributed by atoms with Crippen LogP contribution in [0.2, 0.25) is 0 Å². The number of aliphatic imine (C=N–C) groups is 1. The largest absolute Gasteiger partial charge is 0.494 e. The molecule has 1 unspecified atom stereocenters. The van der Waals surface area contributed by atoms with Crippen molar-refractivity contribution in [3.63, 3.8) is 0 Å². The van der Waals surface area contributed by atoms with Crippen molar-refractivity contribution in [2.24, 2.45) is 4.99 Å². The minimum Gasteiger partial charge on any atom is -0.494 e. The monoisotopic (exact) mass is 317 g/mol. The molecule has 5 nitrogen and oxygen atoms in total. The summed E-state index contributed by atoms with van der Waals surface area (Å²) in [5.41, 5.74) is 1.26. The first-order valence-corrected chi connectivity index (χ1v) is 7.98. The first kappa shape index (κ1) is 14.7. The summed E-state index contributed by atoms with van der Waals surface area (Å²) in [6.45, 7) is 5.35. The quantitative estimate of drug-likeness (QED) is 0.910. The van der Waals surface area contributed by atoms with Gasteiger partial charge in [0.05, 0.1) is 12.4 Å². The van der Waals surface area contributed by atoms with Gasteiger partial charge in [-0.2, -0.15) is 0 Å². The van der Waals surface area contributed by atoms with Crippen LogP contribution >= 0.6 is 11.3 Å². The third-order valence-corrected chi connectivity index (χ3v) is 4.73. The van der Waals surface area contributed by atoms with Gasteiger partial charge in [0, 0.05) is 41.2 Å². The Bertz CT molecular complexity index is 696. The molecular formula is C16H19N3O2S. The molecule has 2 N–H and O–H groups in total. The summed E-state index contributed by atoms with van der Waals surface area (Å²) in [5.74, 6) is 0.135. The lowest BCUT2D eigenvalue weighted by molar-refractivity contribution is 0.355. The molecule has 0 aliphatic carbocycles. The van der Waals surface area contributed by atoms with Gasteiger partial charge in [-0.3, -0.25) is 9.56 Å². The van der Waals surface area contributed by atoms with Crippen molar-refractivity contribution >= 4 is 17.7 Å². The van der Waals surface area contributed by atoms with Gasteiger partial charge < -0.3 is 15.1 Å². The summed E-state index contributed by atoms with van der Waals surface area (Å²) in [6, 6.07) is 5.23. The highest BCUT2D eigenvalue weighted by Crippen LogP contribution is 2.30. The van der Waals surface area contributed by atoms with Crippen LogP contribution in [0.3, 0.4) is 0 Å². The highest BCUT2D eigenvalue weighted by molar-refractivity contribution is 7.12. The van der Waals surface area contributed by atoms with Crippen molar-refractivity contribution in [3.05, 3.63) is 45.8 Å². The molecule has 0 fully saturated rings. The zero-order valence-corrected chi connectivity index (χ0v) is 13.4. The molecule has 1 aliphatic heterocycles. The van der Waals surface area contributed by atoms with Gasteiger partial charge in [-0.05, 0) is 31.6 Å². The molecule has 3 rings (SSSR count). The first-order valence-electron chi connectivity index (χ1n) is 7.16. The van der Waals surface area contributed by atoms with E-state index in [4.69, 9.17) is 0 Å². The number of thiophene rings is 1. The molecule has 1 aliphatic rings. The zero-order valence-electron chi connectivity index (χ0n) is 12.6. The van der Waals surface area contributed by atoms with E-state index >= 15 is 0 Å². The minimum absolute atomic E-state index is 0.0673. The second-order valence-electron chi connectivity index (χ2n) is 5.36. The Labute approximate surface area is 133 Å². The molecule has 22 heavy (non-hydrogen) atoms. The summed E-state index contributed by atoms with van der Waals surface area (Å²) in [4.78, 5) is 9.14. The number of nitrogens with zero attached hydrogens (tertiary/aromatic N) is 3. The molecule has 0 radical (unpaired) electrons. The molecule has 1 atom stereocenters. The van der Waals surface area contributed by atoms with Crippen LogP contribution in [0.15, 0.2) is 35.5 Å². The van der Waals surface area contributed by atoms with E-state index in [1.807, 2.05) is 17.4 Å². The second kappa shape index (κ2) is 5.88. The highest BCUT2D eigenvalue weighted by Gasteiger charge is 2.15. The Kier molecular flexibility index (Phi) is 3.94. The van der Waals surface area contributed by atoms with Gasteiger partial charge in [-0.25, -0.2) is 0 Å². The topological polar surface area (TPSA) is 61.0 Å². The van der Waals surface area contributed by atoms with E-state index in [1.54, 1.807) is 11.3 Å². The summed E-state index contributed by atoms with van der Waals surface area (Å²) in [6.07, 6.45) is 5.89. The maximum atomic E-state index is 9.62. The molecule has 0 amide bonds. The van der Waals surface area contributed by atoms with Crippen LogP contribution < -0.4 is 0 Å². The Morgan fingerprint density at radius 2 is 1.91 bits per heavy atom. The van der Waals surface area contributed by atoms with Crippen LogP contribution in [0.5, 0.6) is 11.8 Å². The molecule has 0 spiro atoms. The SMILES string of the molecule is Cc1cc(C2C=CN(CCn3c(O)ccc3O)C=N2)c(C)s1. The summed E-state index contributed by atoms with van der Waals surface area (Å²) >= 11 is 1.80. The standard InChI is InChI=1S/C16H19N3O2S/c1-11-9-13(12(2)22-11)14-5-6-18(10-17-14)7-8-19-15(20)3-4-16(19)21/h3-6,9-10,14,20-21H,7-8H2,1-2H3. The van der Waals surface area contributed by atoms with Crippen molar-refractivity contribution in [2.45, 2.75) is 26.4 Å². The fraction of sp³-hybridized carbons (Fsp3) is 0.312. The number of hydrogen-bond acceptors (Lipinski definition) is 5.